The maximum absolute atomic E-state index is 10.1. The predicted octanol–water partition coefficient (Wildman–Crippen LogP) is 3.37. The van der Waals surface area contributed by atoms with Crippen LogP contribution in [0.2, 0.25) is 0 Å². The van der Waals surface area contributed by atoms with Crippen LogP contribution in [0.25, 0.3) is 0 Å². The van der Waals surface area contributed by atoms with E-state index in [0.29, 0.717) is 0 Å². The average molecular weight is 272 g/mol. The van der Waals surface area contributed by atoms with Crippen molar-refractivity contribution in [3.63, 3.8) is 0 Å². The fourth-order valence-electron chi connectivity index (χ4n) is 1.92. The van der Waals surface area contributed by atoms with Gasteiger partial charge in [0.2, 0.25) is 0 Å². The second-order valence-electron chi connectivity index (χ2n) is 4.60. The molecule has 0 heterocycles. The molecule has 0 bridgehead atoms. The van der Waals surface area contributed by atoms with Crippen molar-refractivity contribution in [2.24, 2.45) is 0 Å². The van der Waals surface area contributed by atoms with Gasteiger partial charge < -0.3 is 14.6 Å². The normalized spacial score (nSPS) is 11.9. The summed E-state index contributed by atoms with van der Waals surface area (Å²) in [6.07, 6.45) is 0.362. The fourth-order valence-corrected chi connectivity index (χ4v) is 1.92. The number of benzene rings is 2. The molecule has 0 aliphatic carbocycles. The van der Waals surface area contributed by atoms with Gasteiger partial charge in [-0.3, -0.25) is 0 Å². The molecule has 0 aromatic heterocycles. The second-order valence-corrected chi connectivity index (χ2v) is 4.60. The van der Waals surface area contributed by atoms with Gasteiger partial charge in [-0.1, -0.05) is 31.2 Å². The van der Waals surface area contributed by atoms with Gasteiger partial charge in [-0.25, -0.2) is 0 Å². The van der Waals surface area contributed by atoms with E-state index in [9.17, 15) is 5.11 Å². The number of hydrogen-bond donors (Lipinski definition) is 1. The molecule has 0 spiro atoms. The molecule has 20 heavy (non-hydrogen) atoms. The molecule has 0 saturated heterocycles. The summed E-state index contributed by atoms with van der Waals surface area (Å²) in [5.41, 5.74) is 2.09. The summed E-state index contributed by atoms with van der Waals surface area (Å²) >= 11 is 0. The number of ether oxygens (including phenoxy) is 2. The number of hydrogen-bond acceptors (Lipinski definition) is 3. The zero-order valence-corrected chi connectivity index (χ0v) is 11.9. The fraction of sp³-hybridized carbons (Fsp3) is 0.294. The molecule has 0 aliphatic rings. The summed E-state index contributed by atoms with van der Waals surface area (Å²) in [4.78, 5) is 0. The highest BCUT2D eigenvalue weighted by molar-refractivity contribution is 5.29. The molecule has 0 amide bonds. The van der Waals surface area contributed by atoms with Crippen LogP contribution in [0.15, 0.2) is 48.5 Å². The van der Waals surface area contributed by atoms with Crippen LogP contribution in [0, 0.1) is 0 Å². The molecule has 0 fully saturated rings. The van der Waals surface area contributed by atoms with Gasteiger partial charge in [-0.2, -0.15) is 0 Å². The Hall–Kier alpha value is -2.00. The lowest BCUT2D eigenvalue weighted by Crippen LogP contribution is -2.09. The van der Waals surface area contributed by atoms with Crippen LogP contribution in [0.4, 0.5) is 0 Å². The third-order valence-electron chi connectivity index (χ3n) is 3.24. The van der Waals surface area contributed by atoms with E-state index in [1.165, 1.54) is 5.56 Å². The second kappa shape index (κ2) is 6.96. The molecule has 2 aromatic carbocycles. The Kier molecular flexibility index (Phi) is 5.02. The topological polar surface area (TPSA) is 38.7 Å². The molecule has 0 aliphatic heterocycles. The van der Waals surface area contributed by atoms with Crippen LogP contribution in [0.1, 0.15) is 24.2 Å². The molecule has 2 rings (SSSR count). The first kappa shape index (κ1) is 14.4. The monoisotopic (exact) mass is 272 g/mol. The van der Waals surface area contributed by atoms with Gasteiger partial charge in [0.25, 0.3) is 0 Å². The van der Waals surface area contributed by atoms with Gasteiger partial charge in [0, 0.05) is 0 Å². The molecular formula is C17H20O3. The lowest BCUT2D eigenvalue weighted by atomic mass is 10.1. The molecule has 0 saturated carbocycles. The summed E-state index contributed by atoms with van der Waals surface area (Å²) in [6.45, 7) is 2.35. The van der Waals surface area contributed by atoms with Crippen molar-refractivity contribution in [3.8, 4) is 11.5 Å². The average Bonchev–Trinajstić information content (AvgIpc) is 2.53. The number of methoxy groups -OCH3 is 1. The Labute approximate surface area is 119 Å². The maximum Gasteiger partial charge on any atom is 0.119 e. The Balaban J connectivity index is 1.91. The van der Waals surface area contributed by atoms with Gasteiger partial charge in [-0.15, -0.1) is 0 Å². The van der Waals surface area contributed by atoms with E-state index >= 15 is 0 Å². The molecular weight excluding hydrogens is 252 g/mol. The first-order valence-corrected chi connectivity index (χ1v) is 6.76. The van der Waals surface area contributed by atoms with E-state index in [2.05, 4.69) is 6.92 Å². The highest BCUT2D eigenvalue weighted by atomic mass is 16.5. The van der Waals surface area contributed by atoms with Gasteiger partial charge in [-0.05, 0) is 41.8 Å². The Morgan fingerprint density at radius 1 is 0.950 bits per heavy atom. The quantitative estimate of drug-likeness (QED) is 0.876. The van der Waals surface area contributed by atoms with Crippen LogP contribution < -0.4 is 9.47 Å². The number of aryl methyl sites for hydroxylation is 1. The van der Waals surface area contributed by atoms with Crippen molar-refractivity contribution in [3.05, 3.63) is 59.7 Å². The van der Waals surface area contributed by atoms with Gasteiger partial charge >= 0.3 is 0 Å². The molecule has 0 radical (unpaired) electrons. The summed E-state index contributed by atoms with van der Waals surface area (Å²) in [5, 5.41) is 10.1. The van der Waals surface area contributed by atoms with Crippen LogP contribution in [-0.2, 0) is 6.42 Å². The Bertz CT molecular complexity index is 517. The first-order valence-electron chi connectivity index (χ1n) is 6.76. The lowest BCUT2D eigenvalue weighted by molar-refractivity contribution is 0.108. The third-order valence-corrected chi connectivity index (χ3v) is 3.24. The smallest absolute Gasteiger partial charge is 0.119 e. The van der Waals surface area contributed by atoms with Gasteiger partial charge in [0.05, 0.1) is 7.11 Å². The third kappa shape index (κ3) is 3.75. The standard InChI is InChI=1S/C17H20O3/c1-3-13-4-8-16(9-5-13)20-12-17(18)14-6-10-15(19-2)11-7-14/h4-11,17-18H,3,12H2,1-2H3. The molecule has 2 aromatic rings. The minimum Gasteiger partial charge on any atom is -0.497 e. The molecule has 1 unspecified atom stereocenters. The Morgan fingerprint density at radius 3 is 2.10 bits per heavy atom. The van der Waals surface area contributed by atoms with Crippen LogP contribution in [-0.4, -0.2) is 18.8 Å². The summed E-state index contributed by atoms with van der Waals surface area (Å²) in [6, 6.07) is 15.3. The van der Waals surface area contributed by atoms with Gasteiger partial charge in [0.15, 0.2) is 0 Å². The summed E-state index contributed by atoms with van der Waals surface area (Å²) in [5.74, 6) is 1.55. The van der Waals surface area contributed by atoms with E-state index in [1.54, 1.807) is 7.11 Å². The van der Waals surface area contributed by atoms with Crippen molar-refractivity contribution < 1.29 is 14.6 Å². The molecule has 1 N–H and O–H groups in total. The van der Waals surface area contributed by atoms with Crippen molar-refractivity contribution >= 4 is 0 Å². The van der Waals surface area contributed by atoms with Crippen LogP contribution >= 0.6 is 0 Å². The van der Waals surface area contributed by atoms with E-state index in [-0.39, 0.29) is 6.61 Å². The van der Waals surface area contributed by atoms with Crippen LogP contribution in [0.3, 0.4) is 0 Å². The summed E-state index contributed by atoms with van der Waals surface area (Å²) < 4.78 is 10.7. The number of aliphatic hydroxyl groups is 1. The SMILES string of the molecule is CCc1ccc(OCC(O)c2ccc(OC)cc2)cc1. The van der Waals surface area contributed by atoms with Gasteiger partial charge in [0.1, 0.15) is 24.2 Å². The largest absolute Gasteiger partial charge is 0.497 e. The van der Waals surface area contributed by atoms with Crippen molar-refractivity contribution in [1.82, 2.24) is 0 Å². The van der Waals surface area contributed by atoms with E-state index in [4.69, 9.17) is 9.47 Å². The minimum absolute atomic E-state index is 0.234. The van der Waals surface area contributed by atoms with E-state index in [1.807, 2.05) is 48.5 Å². The summed E-state index contributed by atoms with van der Waals surface area (Å²) in [7, 11) is 1.62. The molecule has 106 valence electrons. The zero-order chi connectivity index (χ0) is 14.4. The molecule has 3 nitrogen and oxygen atoms in total. The van der Waals surface area contributed by atoms with Crippen molar-refractivity contribution in [2.45, 2.75) is 19.4 Å². The highest BCUT2D eigenvalue weighted by Crippen LogP contribution is 2.19. The lowest BCUT2D eigenvalue weighted by Gasteiger charge is -2.13. The predicted molar refractivity (Wildman–Crippen MR) is 79.3 cm³/mol. The number of rotatable bonds is 6. The van der Waals surface area contributed by atoms with E-state index in [0.717, 1.165) is 23.5 Å². The van der Waals surface area contributed by atoms with E-state index < -0.39 is 6.10 Å². The van der Waals surface area contributed by atoms with Crippen LogP contribution in [0.5, 0.6) is 11.5 Å². The van der Waals surface area contributed by atoms with Crippen molar-refractivity contribution in [1.29, 1.82) is 0 Å². The maximum atomic E-state index is 10.1. The number of aliphatic hydroxyl groups excluding tert-OH is 1. The van der Waals surface area contributed by atoms with Crippen molar-refractivity contribution in [2.75, 3.05) is 13.7 Å². The Morgan fingerprint density at radius 2 is 1.55 bits per heavy atom. The minimum atomic E-state index is -0.647. The highest BCUT2D eigenvalue weighted by Gasteiger charge is 2.08. The molecule has 1 atom stereocenters. The first-order chi connectivity index (χ1) is 9.72. The zero-order valence-electron chi connectivity index (χ0n) is 11.9. The molecule has 3 heteroatoms.